The van der Waals surface area contributed by atoms with Gasteiger partial charge >= 0.3 is 0 Å². The summed E-state index contributed by atoms with van der Waals surface area (Å²) in [7, 11) is -3.88. The average molecular weight is 462 g/mol. The van der Waals surface area contributed by atoms with Gasteiger partial charge in [0.1, 0.15) is 4.90 Å². The first kappa shape index (κ1) is 21.4. The van der Waals surface area contributed by atoms with Crippen molar-refractivity contribution in [3.05, 3.63) is 46.1 Å². The number of anilines is 1. The van der Waals surface area contributed by atoms with Crippen LogP contribution in [-0.2, 0) is 14.8 Å². The van der Waals surface area contributed by atoms with Gasteiger partial charge in [-0.25, -0.2) is 13.4 Å². The van der Waals surface area contributed by atoms with Crippen molar-refractivity contribution in [3.63, 3.8) is 0 Å². The Hall–Kier alpha value is -1.36. The molecule has 1 aliphatic rings. The lowest BCUT2D eigenvalue weighted by atomic mass is 10.2. The second-order valence-corrected chi connectivity index (χ2v) is 9.37. The number of amides is 1. The minimum atomic E-state index is -3.88. The van der Waals surface area contributed by atoms with E-state index >= 15 is 0 Å². The molecule has 1 amide bonds. The van der Waals surface area contributed by atoms with E-state index in [4.69, 9.17) is 27.9 Å². The standard InChI is InChI=1S/C17H17Cl2N3O4S2/c1-27-16-3-2-11(10-20-16)21-17(23)12-8-15(14(19)9-13(12)18)28(24,25)22-4-6-26-7-5-22/h2-3,8-10H,4-7H2,1H3,(H,21,23). The predicted octanol–water partition coefficient (Wildman–Crippen LogP) is 3.38. The van der Waals surface area contributed by atoms with Crippen LogP contribution in [-0.4, -0.2) is 56.2 Å². The molecule has 28 heavy (non-hydrogen) atoms. The van der Waals surface area contributed by atoms with Gasteiger partial charge in [-0.05, 0) is 30.5 Å². The van der Waals surface area contributed by atoms with Crippen LogP contribution in [0.15, 0.2) is 40.4 Å². The van der Waals surface area contributed by atoms with Crippen LogP contribution in [0.25, 0.3) is 0 Å². The van der Waals surface area contributed by atoms with Crippen LogP contribution in [0.3, 0.4) is 0 Å². The Kier molecular flexibility index (Phi) is 6.85. The third-order valence-electron chi connectivity index (χ3n) is 4.06. The van der Waals surface area contributed by atoms with Gasteiger partial charge in [-0.2, -0.15) is 4.31 Å². The van der Waals surface area contributed by atoms with Gasteiger partial charge in [-0.3, -0.25) is 4.79 Å². The van der Waals surface area contributed by atoms with E-state index in [0.717, 1.165) is 5.03 Å². The van der Waals surface area contributed by atoms with Crippen LogP contribution in [0, 0.1) is 0 Å². The van der Waals surface area contributed by atoms with Crippen LogP contribution < -0.4 is 5.32 Å². The largest absolute Gasteiger partial charge is 0.379 e. The van der Waals surface area contributed by atoms with Crippen molar-refractivity contribution in [3.8, 4) is 0 Å². The lowest BCUT2D eigenvalue weighted by Gasteiger charge is -2.26. The summed E-state index contributed by atoms with van der Waals surface area (Å²) in [6.07, 6.45) is 3.41. The Labute approximate surface area is 177 Å². The van der Waals surface area contributed by atoms with Crippen molar-refractivity contribution in [1.29, 1.82) is 0 Å². The first-order valence-corrected chi connectivity index (χ1v) is 11.6. The number of ether oxygens (including phenoxy) is 1. The fraction of sp³-hybridized carbons (Fsp3) is 0.294. The van der Waals surface area contributed by atoms with Crippen molar-refractivity contribution in [2.24, 2.45) is 0 Å². The molecular formula is C17H17Cl2N3O4S2. The number of aromatic nitrogens is 1. The first-order chi connectivity index (χ1) is 13.3. The normalized spacial score (nSPS) is 15.4. The van der Waals surface area contributed by atoms with E-state index in [-0.39, 0.29) is 33.6 Å². The number of carbonyl (C=O) groups excluding carboxylic acids is 1. The van der Waals surface area contributed by atoms with Crippen LogP contribution in [0.1, 0.15) is 10.4 Å². The van der Waals surface area contributed by atoms with Crippen molar-refractivity contribution < 1.29 is 17.9 Å². The molecule has 0 radical (unpaired) electrons. The molecule has 0 saturated carbocycles. The molecule has 11 heteroatoms. The SMILES string of the molecule is CSc1ccc(NC(=O)c2cc(S(=O)(=O)N3CCOCC3)c(Cl)cc2Cl)cn1. The molecule has 1 N–H and O–H groups in total. The van der Waals surface area contributed by atoms with Crippen LogP contribution in [0.4, 0.5) is 5.69 Å². The molecule has 1 aliphatic heterocycles. The molecule has 0 spiro atoms. The molecule has 0 atom stereocenters. The van der Waals surface area contributed by atoms with Gasteiger partial charge in [0.25, 0.3) is 5.91 Å². The molecule has 1 fully saturated rings. The van der Waals surface area contributed by atoms with Crippen molar-refractivity contribution in [2.75, 3.05) is 37.9 Å². The Morgan fingerprint density at radius 3 is 2.54 bits per heavy atom. The van der Waals surface area contributed by atoms with E-state index in [1.54, 1.807) is 12.1 Å². The monoisotopic (exact) mass is 461 g/mol. The number of carbonyl (C=O) groups is 1. The zero-order chi connectivity index (χ0) is 20.3. The summed E-state index contributed by atoms with van der Waals surface area (Å²) in [5.41, 5.74) is 0.471. The summed E-state index contributed by atoms with van der Waals surface area (Å²) in [6.45, 7) is 1.04. The highest BCUT2D eigenvalue weighted by Crippen LogP contribution is 2.31. The van der Waals surface area contributed by atoms with Gasteiger partial charge in [-0.15, -0.1) is 11.8 Å². The van der Waals surface area contributed by atoms with Gasteiger partial charge in [0, 0.05) is 13.1 Å². The van der Waals surface area contributed by atoms with Gasteiger partial charge < -0.3 is 10.1 Å². The number of rotatable bonds is 5. The molecule has 1 aromatic heterocycles. The molecular weight excluding hydrogens is 445 g/mol. The number of pyridine rings is 1. The summed E-state index contributed by atoms with van der Waals surface area (Å²) in [4.78, 5) is 16.7. The third-order valence-corrected chi connectivity index (χ3v) is 7.39. The highest BCUT2D eigenvalue weighted by Gasteiger charge is 2.30. The summed E-state index contributed by atoms with van der Waals surface area (Å²) in [5, 5.41) is 3.48. The Morgan fingerprint density at radius 1 is 1.21 bits per heavy atom. The number of morpholine rings is 1. The smallest absolute Gasteiger partial charge is 0.257 e. The topological polar surface area (TPSA) is 88.6 Å². The number of sulfonamides is 1. The fourth-order valence-corrected chi connectivity index (χ4v) is 5.20. The molecule has 2 aromatic rings. The molecule has 3 rings (SSSR count). The number of hydrogen-bond acceptors (Lipinski definition) is 6. The summed E-state index contributed by atoms with van der Waals surface area (Å²) in [5.74, 6) is -0.557. The maximum atomic E-state index is 12.9. The minimum absolute atomic E-state index is 0.00634. The molecule has 2 heterocycles. The zero-order valence-electron chi connectivity index (χ0n) is 14.8. The van der Waals surface area contributed by atoms with E-state index in [1.807, 2.05) is 6.26 Å². The predicted molar refractivity (Wildman–Crippen MR) is 110 cm³/mol. The molecule has 1 aromatic carbocycles. The second kappa shape index (κ2) is 8.98. The number of nitrogens with one attached hydrogen (secondary N) is 1. The van der Waals surface area contributed by atoms with E-state index in [9.17, 15) is 13.2 Å². The Bertz CT molecular complexity index is 979. The number of thioether (sulfide) groups is 1. The zero-order valence-corrected chi connectivity index (χ0v) is 18.0. The van der Waals surface area contributed by atoms with E-state index in [0.29, 0.717) is 18.9 Å². The molecule has 150 valence electrons. The molecule has 1 saturated heterocycles. The number of hydrogen-bond donors (Lipinski definition) is 1. The van der Waals surface area contributed by atoms with Crippen LogP contribution in [0.5, 0.6) is 0 Å². The second-order valence-electron chi connectivity index (χ2n) is 5.82. The minimum Gasteiger partial charge on any atom is -0.379 e. The third kappa shape index (κ3) is 4.61. The van der Waals surface area contributed by atoms with Crippen LogP contribution in [0.2, 0.25) is 10.0 Å². The van der Waals surface area contributed by atoms with E-state index in [2.05, 4.69) is 10.3 Å². The quantitative estimate of drug-likeness (QED) is 0.686. The summed E-state index contributed by atoms with van der Waals surface area (Å²) >= 11 is 13.8. The maximum Gasteiger partial charge on any atom is 0.257 e. The maximum absolute atomic E-state index is 12.9. The van der Waals surface area contributed by atoms with Gasteiger partial charge in [0.2, 0.25) is 10.0 Å². The first-order valence-electron chi connectivity index (χ1n) is 8.21. The summed E-state index contributed by atoms with van der Waals surface area (Å²) in [6, 6.07) is 5.93. The lowest BCUT2D eigenvalue weighted by molar-refractivity contribution is 0.0730. The highest BCUT2D eigenvalue weighted by atomic mass is 35.5. The highest BCUT2D eigenvalue weighted by molar-refractivity contribution is 7.98. The van der Waals surface area contributed by atoms with Crippen LogP contribution >= 0.6 is 35.0 Å². The van der Waals surface area contributed by atoms with Crippen molar-refractivity contribution in [2.45, 2.75) is 9.92 Å². The molecule has 0 aliphatic carbocycles. The van der Waals surface area contributed by atoms with Crippen molar-refractivity contribution in [1.82, 2.24) is 9.29 Å². The average Bonchev–Trinajstić information content (AvgIpc) is 2.69. The number of nitrogens with zero attached hydrogens (tertiary/aromatic N) is 2. The van der Waals surface area contributed by atoms with E-state index in [1.165, 1.54) is 34.4 Å². The van der Waals surface area contributed by atoms with Gasteiger partial charge in [0.15, 0.2) is 0 Å². The summed E-state index contributed by atoms with van der Waals surface area (Å²) < 4.78 is 32.3. The number of halogens is 2. The molecule has 0 bridgehead atoms. The number of benzene rings is 1. The van der Waals surface area contributed by atoms with Crippen molar-refractivity contribution >= 4 is 56.6 Å². The molecule has 7 nitrogen and oxygen atoms in total. The lowest BCUT2D eigenvalue weighted by Crippen LogP contribution is -2.40. The van der Waals surface area contributed by atoms with E-state index < -0.39 is 15.9 Å². The Balaban J connectivity index is 1.90. The molecule has 0 unspecified atom stereocenters. The van der Waals surface area contributed by atoms with Gasteiger partial charge in [0.05, 0.1) is 45.7 Å². The fourth-order valence-electron chi connectivity index (χ4n) is 2.60. The van der Waals surface area contributed by atoms with Gasteiger partial charge in [-0.1, -0.05) is 23.2 Å². The Morgan fingerprint density at radius 2 is 1.93 bits per heavy atom.